The van der Waals surface area contributed by atoms with Crippen LogP contribution in [-0.4, -0.2) is 43.6 Å². The van der Waals surface area contributed by atoms with E-state index in [1.807, 2.05) is 13.8 Å². The van der Waals surface area contributed by atoms with E-state index in [9.17, 15) is 9.59 Å². The molecule has 2 aliphatic heterocycles. The van der Waals surface area contributed by atoms with Gasteiger partial charge in [0, 0.05) is 4.75 Å². The summed E-state index contributed by atoms with van der Waals surface area (Å²) < 4.78 is -0.483. The van der Waals surface area contributed by atoms with Crippen molar-refractivity contribution in [2.45, 2.75) is 42.5 Å². The number of nitrogens with two attached hydrogens (primary N) is 1. The minimum atomic E-state index is -0.959. The largest absolute Gasteiger partial charge is 0.480 e. The fourth-order valence-corrected chi connectivity index (χ4v) is 3.84. The molecule has 0 radical (unpaired) electrons. The van der Waals surface area contributed by atoms with Crippen LogP contribution in [0.2, 0.25) is 0 Å². The third-order valence-corrected chi connectivity index (χ3v) is 4.82. The van der Waals surface area contributed by atoms with Gasteiger partial charge < -0.3 is 15.7 Å². The second-order valence-electron chi connectivity index (χ2n) is 4.81. The molecule has 3 atom stereocenters. The Labute approximate surface area is 92.0 Å². The van der Waals surface area contributed by atoms with E-state index in [0.29, 0.717) is 0 Å². The molecular weight excluding hydrogens is 216 g/mol. The highest BCUT2D eigenvalue weighted by atomic mass is 32.2. The molecule has 0 spiro atoms. The van der Waals surface area contributed by atoms with Crippen molar-refractivity contribution in [1.29, 1.82) is 0 Å². The van der Waals surface area contributed by atoms with Gasteiger partial charge in [-0.25, -0.2) is 4.79 Å². The summed E-state index contributed by atoms with van der Waals surface area (Å²) >= 11 is 1.46. The summed E-state index contributed by atoms with van der Waals surface area (Å²) in [4.78, 5) is 24.2. The van der Waals surface area contributed by atoms with Crippen LogP contribution >= 0.6 is 11.8 Å². The molecule has 2 rings (SSSR count). The fourth-order valence-electron chi connectivity index (χ4n) is 2.25. The van der Waals surface area contributed by atoms with E-state index >= 15 is 0 Å². The van der Waals surface area contributed by atoms with Gasteiger partial charge in [0.25, 0.3) is 0 Å². The quantitative estimate of drug-likeness (QED) is 0.612. The Morgan fingerprint density at radius 3 is 2.53 bits per heavy atom. The summed E-state index contributed by atoms with van der Waals surface area (Å²) in [5.74, 6) is -1.23. The van der Waals surface area contributed by atoms with Crippen molar-refractivity contribution < 1.29 is 14.7 Å². The Morgan fingerprint density at radius 2 is 2.07 bits per heavy atom. The number of amides is 1. The fraction of sp³-hybridized carbons (Fsp3) is 0.778. The summed E-state index contributed by atoms with van der Waals surface area (Å²) in [6.07, 6.45) is 0. The molecule has 2 aliphatic rings. The van der Waals surface area contributed by atoms with Crippen molar-refractivity contribution in [1.82, 2.24) is 4.90 Å². The Balaban J connectivity index is 2.37. The number of nitrogens with zero attached hydrogens (tertiary/aromatic N) is 1. The van der Waals surface area contributed by atoms with Crippen molar-refractivity contribution >= 4 is 23.6 Å². The Morgan fingerprint density at radius 1 is 1.53 bits per heavy atom. The SMILES string of the molecule is CC1(C)S[C@H]2N(C(=O)[C@@]2(C)N)[C@H]1C(=O)O. The lowest BCUT2D eigenvalue weighted by molar-refractivity contribution is -0.164. The lowest BCUT2D eigenvalue weighted by Crippen LogP contribution is -2.76. The number of rotatable bonds is 1. The van der Waals surface area contributed by atoms with Crippen molar-refractivity contribution in [3.05, 3.63) is 0 Å². The van der Waals surface area contributed by atoms with Crippen LogP contribution < -0.4 is 5.73 Å². The highest BCUT2D eigenvalue weighted by molar-refractivity contribution is 8.01. The zero-order chi connectivity index (χ0) is 11.6. The van der Waals surface area contributed by atoms with Crippen LogP contribution in [-0.2, 0) is 9.59 Å². The summed E-state index contributed by atoms with van der Waals surface area (Å²) in [6.45, 7) is 5.32. The molecule has 6 heteroatoms. The molecule has 0 bridgehead atoms. The van der Waals surface area contributed by atoms with E-state index in [0.717, 1.165) is 0 Å². The van der Waals surface area contributed by atoms with Crippen LogP contribution in [0.1, 0.15) is 20.8 Å². The molecule has 1 amide bonds. The summed E-state index contributed by atoms with van der Waals surface area (Å²) in [6, 6.07) is -0.767. The predicted molar refractivity (Wildman–Crippen MR) is 56.3 cm³/mol. The second-order valence-corrected chi connectivity index (χ2v) is 6.54. The number of thioether (sulfide) groups is 1. The first-order valence-corrected chi connectivity index (χ1v) is 5.60. The van der Waals surface area contributed by atoms with Gasteiger partial charge in [-0.2, -0.15) is 0 Å². The number of β-lactam (4-membered cyclic amide) rings is 1. The lowest BCUT2D eigenvalue weighted by atomic mass is 9.87. The number of carbonyl (C=O) groups excluding carboxylic acids is 1. The molecule has 2 fully saturated rings. The molecule has 3 N–H and O–H groups in total. The third kappa shape index (κ3) is 1.15. The van der Waals surface area contributed by atoms with Crippen molar-refractivity contribution in [3.8, 4) is 0 Å². The van der Waals surface area contributed by atoms with E-state index in [1.165, 1.54) is 16.7 Å². The van der Waals surface area contributed by atoms with Gasteiger partial charge in [0.1, 0.15) is 17.0 Å². The van der Waals surface area contributed by atoms with Gasteiger partial charge in [-0.05, 0) is 20.8 Å². The van der Waals surface area contributed by atoms with Gasteiger partial charge in [-0.3, -0.25) is 4.79 Å². The van der Waals surface area contributed by atoms with Gasteiger partial charge in [-0.15, -0.1) is 11.8 Å². The molecule has 5 nitrogen and oxygen atoms in total. The smallest absolute Gasteiger partial charge is 0.327 e. The first-order chi connectivity index (χ1) is 6.69. The number of hydrogen-bond acceptors (Lipinski definition) is 4. The first-order valence-electron chi connectivity index (χ1n) is 4.72. The number of carbonyl (C=O) groups is 2. The maximum atomic E-state index is 11.7. The zero-order valence-corrected chi connectivity index (χ0v) is 9.67. The van der Waals surface area contributed by atoms with Gasteiger partial charge in [0.2, 0.25) is 5.91 Å². The molecule has 2 saturated heterocycles. The molecule has 2 heterocycles. The van der Waals surface area contributed by atoms with Crippen LogP contribution in [0.25, 0.3) is 0 Å². The first kappa shape index (κ1) is 10.8. The Bertz CT molecular complexity index is 353. The minimum absolute atomic E-state index is 0.207. The van der Waals surface area contributed by atoms with Gasteiger partial charge in [0.05, 0.1) is 0 Å². The lowest BCUT2D eigenvalue weighted by Gasteiger charge is -2.48. The van der Waals surface area contributed by atoms with E-state index in [-0.39, 0.29) is 11.3 Å². The van der Waals surface area contributed by atoms with Crippen LogP contribution in [0.5, 0.6) is 0 Å². The van der Waals surface area contributed by atoms with E-state index in [2.05, 4.69) is 0 Å². The summed E-state index contributed by atoms with van der Waals surface area (Å²) in [7, 11) is 0. The highest BCUT2D eigenvalue weighted by Crippen LogP contribution is 2.53. The van der Waals surface area contributed by atoms with E-state index in [1.54, 1.807) is 6.92 Å². The maximum Gasteiger partial charge on any atom is 0.327 e. The van der Waals surface area contributed by atoms with Crippen molar-refractivity contribution in [2.24, 2.45) is 5.73 Å². The van der Waals surface area contributed by atoms with Crippen molar-refractivity contribution in [3.63, 3.8) is 0 Å². The number of hydrogen-bond donors (Lipinski definition) is 2. The average molecular weight is 230 g/mol. The van der Waals surface area contributed by atoms with Crippen LogP contribution in [0, 0.1) is 0 Å². The number of aliphatic carboxylic acids is 1. The molecule has 0 aromatic rings. The number of fused-ring (bicyclic) bond motifs is 1. The zero-order valence-electron chi connectivity index (χ0n) is 8.85. The normalized spacial score (nSPS) is 42.4. The van der Waals surface area contributed by atoms with Gasteiger partial charge >= 0.3 is 5.97 Å². The third-order valence-electron chi connectivity index (χ3n) is 3.05. The standard InChI is InChI=1S/C9H14N2O3S/c1-8(2)4(5(12)13)11-6(14)9(3,10)7(11)15-8/h4,7H,10H2,1-3H3,(H,12,13)/t4-,7+,9+/m0/s1. The summed E-state index contributed by atoms with van der Waals surface area (Å²) in [5.41, 5.74) is 4.92. The molecule has 0 unspecified atom stereocenters. The number of carboxylic acid groups (broad SMARTS) is 1. The monoisotopic (exact) mass is 230 g/mol. The number of carboxylic acids is 1. The minimum Gasteiger partial charge on any atom is -0.480 e. The maximum absolute atomic E-state index is 11.7. The Hall–Kier alpha value is -0.750. The molecule has 0 aromatic heterocycles. The average Bonchev–Trinajstić information content (AvgIpc) is 2.35. The van der Waals surface area contributed by atoms with Gasteiger partial charge in [-0.1, -0.05) is 0 Å². The molecular formula is C9H14N2O3S. The van der Waals surface area contributed by atoms with Crippen LogP contribution in [0.3, 0.4) is 0 Å². The molecule has 84 valence electrons. The highest BCUT2D eigenvalue weighted by Gasteiger charge is 2.68. The molecule has 0 saturated carbocycles. The van der Waals surface area contributed by atoms with Crippen LogP contribution in [0.15, 0.2) is 0 Å². The van der Waals surface area contributed by atoms with Crippen LogP contribution in [0.4, 0.5) is 0 Å². The Kier molecular flexibility index (Phi) is 1.92. The summed E-state index contributed by atoms with van der Waals surface area (Å²) in [5, 5.41) is 8.90. The molecule has 15 heavy (non-hydrogen) atoms. The van der Waals surface area contributed by atoms with Gasteiger partial charge in [0.15, 0.2) is 0 Å². The predicted octanol–water partition coefficient (Wildman–Crippen LogP) is -0.149. The van der Waals surface area contributed by atoms with E-state index in [4.69, 9.17) is 10.8 Å². The topological polar surface area (TPSA) is 83.6 Å². The van der Waals surface area contributed by atoms with E-state index < -0.39 is 22.3 Å². The second kappa shape index (κ2) is 2.68. The molecule has 0 aliphatic carbocycles. The van der Waals surface area contributed by atoms with Crippen molar-refractivity contribution in [2.75, 3.05) is 0 Å². The molecule has 0 aromatic carbocycles.